The van der Waals surface area contributed by atoms with Crippen LogP contribution in [0, 0.1) is 23.3 Å². The summed E-state index contributed by atoms with van der Waals surface area (Å²) in [5.74, 6) is -0.879. The van der Waals surface area contributed by atoms with E-state index in [2.05, 4.69) is 71.9 Å². The Morgan fingerprint density at radius 3 is 1.24 bits per heavy atom. The van der Waals surface area contributed by atoms with Gasteiger partial charge in [0.15, 0.2) is 0 Å². The van der Waals surface area contributed by atoms with Gasteiger partial charge < -0.3 is 23.0 Å². The van der Waals surface area contributed by atoms with E-state index < -0.39 is 80.1 Å². The Bertz CT molecular complexity index is 2460. The molecule has 6 aromatic carbocycles. The van der Waals surface area contributed by atoms with E-state index in [1.54, 1.807) is 48.5 Å². The van der Waals surface area contributed by atoms with Crippen LogP contribution in [0.4, 0.5) is 17.6 Å². The van der Waals surface area contributed by atoms with Crippen LogP contribution < -0.4 is 0 Å². The summed E-state index contributed by atoms with van der Waals surface area (Å²) in [6.07, 6.45) is 1.27. The number of fused-ring (bicyclic) bond motifs is 1. The van der Waals surface area contributed by atoms with Crippen molar-refractivity contribution in [2.45, 2.75) is 120 Å². The molecule has 0 amide bonds. The van der Waals surface area contributed by atoms with Crippen LogP contribution in [0.5, 0.6) is 0 Å². The highest BCUT2D eigenvalue weighted by molar-refractivity contribution is 6.77. The van der Waals surface area contributed by atoms with Crippen LogP contribution in [0.25, 0.3) is 10.8 Å². The van der Waals surface area contributed by atoms with Crippen molar-refractivity contribution in [2.24, 2.45) is 0 Å². The molecule has 0 N–H and O–H groups in total. The third-order valence-corrected chi connectivity index (χ3v) is 20.7. The molecule has 0 radical (unpaired) electrons. The zero-order valence-electron chi connectivity index (χ0n) is 40.0. The Morgan fingerprint density at radius 1 is 0.493 bits per heavy atom. The fourth-order valence-electron chi connectivity index (χ4n) is 10.8. The molecule has 348 valence electrons. The van der Waals surface area contributed by atoms with Gasteiger partial charge in [0.2, 0.25) is 8.32 Å². The lowest BCUT2D eigenvalue weighted by atomic mass is 9.65. The minimum absolute atomic E-state index is 0.170. The second kappa shape index (κ2) is 18.6. The van der Waals surface area contributed by atoms with Crippen molar-refractivity contribution in [2.75, 3.05) is 0 Å². The molecular weight excluding hydrogens is 866 g/mol. The largest absolute Gasteiger partial charge is 0.486 e. The van der Waals surface area contributed by atoms with Gasteiger partial charge in [0.25, 0.3) is 0 Å². The topological polar surface area (TPSA) is 46.2 Å². The molecule has 0 bridgehead atoms. The molecule has 0 unspecified atom stereocenters. The molecule has 0 aromatic heterocycles. The maximum Gasteiger partial charge on any atom is 0.486 e. The fourth-order valence-corrected chi connectivity index (χ4v) is 16.3. The second-order valence-corrected chi connectivity index (χ2v) is 25.5. The lowest BCUT2D eigenvalue weighted by Gasteiger charge is -2.46. The van der Waals surface area contributed by atoms with E-state index in [0.717, 1.165) is 16.3 Å². The molecule has 0 spiro atoms. The Morgan fingerprint density at radius 2 is 0.866 bits per heavy atom. The van der Waals surface area contributed by atoms with Gasteiger partial charge in [0, 0.05) is 5.82 Å². The summed E-state index contributed by atoms with van der Waals surface area (Å²) in [5, 5.41) is 2.07. The van der Waals surface area contributed by atoms with Crippen molar-refractivity contribution in [3.8, 4) is 0 Å². The van der Waals surface area contributed by atoms with Crippen LogP contribution in [-0.2, 0) is 34.2 Å². The van der Waals surface area contributed by atoms with Crippen molar-refractivity contribution >= 4 is 33.3 Å². The third kappa shape index (κ3) is 8.68. The summed E-state index contributed by atoms with van der Waals surface area (Å²) in [6, 6.07) is 38.1. The van der Waals surface area contributed by atoms with Gasteiger partial charge in [-0.2, -0.15) is 0 Å². The highest BCUT2D eigenvalue weighted by Gasteiger charge is 2.68. The molecule has 2 heterocycles. The molecule has 2 atom stereocenters. The first kappa shape index (κ1) is 48.6. The van der Waals surface area contributed by atoms with Crippen molar-refractivity contribution in [1.82, 2.24) is 0 Å². The zero-order valence-corrected chi connectivity index (χ0v) is 41.0. The van der Waals surface area contributed by atoms with Crippen LogP contribution in [0.3, 0.4) is 0 Å². The Labute approximate surface area is 395 Å². The van der Waals surface area contributed by atoms with E-state index in [1.165, 1.54) is 48.5 Å². The highest BCUT2D eigenvalue weighted by atomic mass is 28.4. The molecule has 2 fully saturated rings. The summed E-state index contributed by atoms with van der Waals surface area (Å²) in [5.41, 5.74) is -1.67. The molecule has 6 aromatic rings. The number of hydrogen-bond donors (Lipinski definition) is 0. The van der Waals surface area contributed by atoms with Crippen LogP contribution in [-0.4, -0.2) is 33.8 Å². The maximum atomic E-state index is 15.2. The summed E-state index contributed by atoms with van der Waals surface area (Å²) in [6.45, 7) is 21.4. The third-order valence-electron chi connectivity index (χ3n) is 14.7. The number of rotatable bonds is 14. The second-order valence-electron chi connectivity index (χ2n) is 20.0. The van der Waals surface area contributed by atoms with Crippen LogP contribution >= 0.6 is 0 Å². The summed E-state index contributed by atoms with van der Waals surface area (Å²) in [7, 11) is -4.80. The van der Waals surface area contributed by atoms with Gasteiger partial charge in [0.1, 0.15) is 34.5 Å². The predicted molar refractivity (Wildman–Crippen MR) is 263 cm³/mol. The standard InChI is InChI=1S/C55H60B2F4O5Si/c1-36(2)67(37(3)4,38(5)6)62-51(41-16-15-39-13-11-12-14-40(39)35-41)50(33-34-56-63-52(7,8)53(9,10)64-56)57-65-54(42-17-25-46(58)26-18-42,43-19-27-47(59)28-20-43)55(66-57,44-21-29-48(60)30-22-44)45-23-31-49(61)32-24-45/h11-38,50-51H,1-10H3/b34-33+/t50-,51+/m1/s1. The summed E-state index contributed by atoms with van der Waals surface area (Å²) >= 11 is 0. The van der Waals surface area contributed by atoms with Gasteiger partial charge in [-0.05, 0) is 138 Å². The van der Waals surface area contributed by atoms with Gasteiger partial charge in [0.05, 0.1) is 17.3 Å². The lowest BCUT2D eigenvalue weighted by Crippen LogP contribution is -2.50. The first-order valence-electron chi connectivity index (χ1n) is 23.3. The van der Waals surface area contributed by atoms with Crippen molar-refractivity contribution in [1.29, 1.82) is 0 Å². The Hall–Kier alpha value is -4.81. The average Bonchev–Trinajstić information content (AvgIpc) is 3.75. The predicted octanol–water partition coefficient (Wildman–Crippen LogP) is 14.6. The monoisotopic (exact) mass is 926 g/mol. The molecule has 5 nitrogen and oxygen atoms in total. The Balaban J connectivity index is 1.47. The lowest BCUT2D eigenvalue weighted by molar-refractivity contribution is 0.00351. The molecule has 67 heavy (non-hydrogen) atoms. The molecule has 8 rings (SSSR count). The summed E-state index contributed by atoms with van der Waals surface area (Å²) in [4.78, 5) is 0. The first-order valence-corrected chi connectivity index (χ1v) is 25.5. The van der Waals surface area contributed by atoms with Gasteiger partial charge >= 0.3 is 14.2 Å². The maximum absolute atomic E-state index is 15.2. The van der Waals surface area contributed by atoms with E-state index in [-0.39, 0.29) is 16.6 Å². The first-order chi connectivity index (χ1) is 31.7. The number of halogens is 4. The van der Waals surface area contributed by atoms with E-state index in [4.69, 9.17) is 23.0 Å². The van der Waals surface area contributed by atoms with E-state index in [0.29, 0.717) is 22.3 Å². The number of hydrogen-bond acceptors (Lipinski definition) is 5. The highest BCUT2D eigenvalue weighted by Crippen LogP contribution is 2.62. The van der Waals surface area contributed by atoms with Gasteiger partial charge in [-0.15, -0.1) is 0 Å². The number of benzene rings is 6. The van der Waals surface area contributed by atoms with E-state index in [1.807, 2.05) is 51.9 Å². The quantitative estimate of drug-likeness (QED) is 0.0804. The molecular formula is C55H60B2F4O5Si. The summed E-state index contributed by atoms with van der Waals surface area (Å²) < 4.78 is 97.3. The van der Waals surface area contributed by atoms with Gasteiger partial charge in [-0.1, -0.05) is 139 Å². The van der Waals surface area contributed by atoms with Gasteiger partial charge in [-0.3, -0.25) is 0 Å². The molecule has 12 heteroatoms. The zero-order chi connectivity index (χ0) is 48.1. The average molecular weight is 927 g/mol. The van der Waals surface area contributed by atoms with Crippen LogP contribution in [0.15, 0.2) is 152 Å². The van der Waals surface area contributed by atoms with Crippen molar-refractivity contribution < 1.29 is 40.6 Å². The van der Waals surface area contributed by atoms with Gasteiger partial charge in [-0.25, -0.2) is 17.6 Å². The molecule has 2 aliphatic heterocycles. The Kier molecular flexibility index (Phi) is 13.5. The fraction of sp³-hybridized carbons (Fsp3) is 0.345. The van der Waals surface area contributed by atoms with E-state index >= 15 is 17.6 Å². The molecule has 0 saturated carbocycles. The van der Waals surface area contributed by atoms with Crippen molar-refractivity contribution in [3.63, 3.8) is 0 Å². The SMILES string of the molecule is CC(C)[Si](O[C@@H](c1ccc2ccccc2c1)[C@@H](/C=C/B1OC(C)(C)C(C)(C)O1)B1OC(c2ccc(F)cc2)(c2ccc(F)cc2)C(c2ccc(F)cc2)(c2ccc(F)cc2)O1)(C(C)C)C(C)C. The molecule has 2 saturated heterocycles. The smallest absolute Gasteiger partial charge is 0.409 e. The normalized spacial score (nSPS) is 18.8. The minimum atomic E-state index is -2.79. The van der Waals surface area contributed by atoms with Crippen LogP contribution in [0.2, 0.25) is 22.4 Å². The van der Waals surface area contributed by atoms with Crippen molar-refractivity contribution in [3.05, 3.63) is 203 Å². The molecule has 2 aliphatic rings. The molecule has 0 aliphatic carbocycles. The minimum Gasteiger partial charge on any atom is -0.409 e. The van der Waals surface area contributed by atoms with Crippen LogP contribution in [0.1, 0.15) is 103 Å². The van der Waals surface area contributed by atoms with E-state index in [9.17, 15) is 0 Å².